The summed E-state index contributed by atoms with van der Waals surface area (Å²) in [4.78, 5) is 0. The minimum absolute atomic E-state index is 0.398. The van der Waals surface area contributed by atoms with Crippen molar-refractivity contribution in [1.29, 1.82) is 0 Å². The van der Waals surface area contributed by atoms with Crippen molar-refractivity contribution in [3.63, 3.8) is 0 Å². The molecule has 80 valence electrons. The minimum atomic E-state index is -1.14. The maximum absolute atomic E-state index is 9.61. The van der Waals surface area contributed by atoms with Crippen molar-refractivity contribution in [3.8, 4) is 0 Å². The van der Waals surface area contributed by atoms with Crippen molar-refractivity contribution in [2.45, 2.75) is 32.3 Å². The number of rotatable bonds is 7. The predicted octanol–water partition coefficient (Wildman–Crippen LogP) is -0.499. The van der Waals surface area contributed by atoms with Gasteiger partial charge in [0, 0.05) is 0 Å². The molecule has 0 fully saturated rings. The Labute approximate surface area is 78.8 Å². The first-order valence-corrected chi connectivity index (χ1v) is 4.67. The highest BCUT2D eigenvalue weighted by atomic mass is 16.3. The Morgan fingerprint density at radius 2 is 1.54 bits per heavy atom. The summed E-state index contributed by atoms with van der Waals surface area (Å²) in [7, 11) is 0. The van der Waals surface area contributed by atoms with Gasteiger partial charge in [-0.1, -0.05) is 19.8 Å². The molecule has 0 aliphatic heterocycles. The quantitative estimate of drug-likeness (QED) is 0.438. The maximum Gasteiger partial charge on any atom is 0.0662 e. The predicted molar refractivity (Wildman–Crippen MR) is 49.2 cm³/mol. The fraction of sp³-hybridized carbons (Fsp3) is 1.00. The van der Waals surface area contributed by atoms with E-state index in [1.54, 1.807) is 0 Å². The van der Waals surface area contributed by atoms with Crippen molar-refractivity contribution < 1.29 is 20.4 Å². The van der Waals surface area contributed by atoms with Crippen molar-refractivity contribution in [1.82, 2.24) is 0 Å². The lowest BCUT2D eigenvalue weighted by Gasteiger charge is -2.32. The Balaban J connectivity index is 4.17. The average molecular weight is 192 g/mol. The summed E-state index contributed by atoms with van der Waals surface area (Å²) in [6, 6.07) is 0. The van der Waals surface area contributed by atoms with Gasteiger partial charge in [-0.05, 0) is 6.42 Å². The lowest BCUT2D eigenvalue weighted by molar-refractivity contribution is -0.0862. The standard InChI is InChI=1S/C9H20O4/c1-2-3-4-8(13)9(5-10,6-11)7-12/h8,10-13H,2-7H2,1H3. The summed E-state index contributed by atoms with van der Waals surface area (Å²) in [5, 5.41) is 36.5. The molecule has 0 aliphatic carbocycles. The number of unbranched alkanes of at least 4 members (excludes halogenated alkanes) is 1. The van der Waals surface area contributed by atoms with E-state index in [0.29, 0.717) is 6.42 Å². The van der Waals surface area contributed by atoms with Crippen LogP contribution in [-0.2, 0) is 0 Å². The molecule has 1 unspecified atom stereocenters. The van der Waals surface area contributed by atoms with Crippen LogP contribution in [-0.4, -0.2) is 46.4 Å². The van der Waals surface area contributed by atoms with Gasteiger partial charge in [0.2, 0.25) is 0 Å². The second-order valence-corrected chi connectivity index (χ2v) is 3.49. The van der Waals surface area contributed by atoms with Gasteiger partial charge in [-0.25, -0.2) is 0 Å². The first kappa shape index (κ1) is 12.8. The van der Waals surface area contributed by atoms with Crippen LogP contribution in [0.1, 0.15) is 26.2 Å². The van der Waals surface area contributed by atoms with E-state index in [9.17, 15) is 5.11 Å². The number of aliphatic hydroxyl groups is 4. The number of hydrogen-bond acceptors (Lipinski definition) is 4. The van der Waals surface area contributed by atoms with Crippen LogP contribution in [0.15, 0.2) is 0 Å². The molecule has 0 aromatic carbocycles. The Morgan fingerprint density at radius 3 is 1.85 bits per heavy atom. The third-order valence-corrected chi connectivity index (χ3v) is 2.48. The topological polar surface area (TPSA) is 80.9 Å². The Hall–Kier alpha value is -0.160. The van der Waals surface area contributed by atoms with Crippen molar-refractivity contribution in [3.05, 3.63) is 0 Å². The second-order valence-electron chi connectivity index (χ2n) is 3.49. The molecule has 1 atom stereocenters. The van der Waals surface area contributed by atoms with Gasteiger partial charge in [0.25, 0.3) is 0 Å². The first-order chi connectivity index (χ1) is 6.16. The highest BCUT2D eigenvalue weighted by Gasteiger charge is 2.35. The number of hydrogen-bond donors (Lipinski definition) is 4. The van der Waals surface area contributed by atoms with Crippen LogP contribution >= 0.6 is 0 Å². The normalized spacial score (nSPS) is 14.5. The summed E-state index contributed by atoms with van der Waals surface area (Å²) in [5.41, 5.74) is -1.14. The summed E-state index contributed by atoms with van der Waals surface area (Å²) in [6.45, 7) is 0.797. The lowest BCUT2D eigenvalue weighted by Crippen LogP contribution is -2.45. The van der Waals surface area contributed by atoms with Gasteiger partial charge in [0.05, 0.1) is 31.3 Å². The van der Waals surface area contributed by atoms with Crippen molar-refractivity contribution >= 4 is 0 Å². The van der Waals surface area contributed by atoms with Gasteiger partial charge >= 0.3 is 0 Å². The molecular weight excluding hydrogens is 172 g/mol. The van der Waals surface area contributed by atoms with Crippen LogP contribution in [0.3, 0.4) is 0 Å². The molecule has 0 spiro atoms. The summed E-state index contributed by atoms with van der Waals surface area (Å²) < 4.78 is 0. The highest BCUT2D eigenvalue weighted by molar-refractivity contribution is 4.84. The molecule has 0 aromatic rings. The van der Waals surface area contributed by atoms with E-state index >= 15 is 0 Å². The van der Waals surface area contributed by atoms with Gasteiger partial charge in [0.1, 0.15) is 0 Å². The van der Waals surface area contributed by atoms with Gasteiger partial charge in [0.15, 0.2) is 0 Å². The molecule has 0 bridgehead atoms. The molecule has 0 amide bonds. The molecule has 13 heavy (non-hydrogen) atoms. The molecular formula is C9H20O4. The minimum Gasteiger partial charge on any atom is -0.396 e. The van der Waals surface area contributed by atoms with Gasteiger partial charge in [-0.15, -0.1) is 0 Å². The zero-order valence-corrected chi connectivity index (χ0v) is 8.11. The molecule has 0 heterocycles. The zero-order valence-electron chi connectivity index (χ0n) is 8.11. The van der Waals surface area contributed by atoms with Crippen LogP contribution in [0, 0.1) is 5.41 Å². The van der Waals surface area contributed by atoms with Crippen LogP contribution in [0.5, 0.6) is 0 Å². The van der Waals surface area contributed by atoms with Crippen LogP contribution in [0.4, 0.5) is 0 Å². The largest absolute Gasteiger partial charge is 0.396 e. The van der Waals surface area contributed by atoms with E-state index in [1.807, 2.05) is 6.92 Å². The van der Waals surface area contributed by atoms with Crippen LogP contribution < -0.4 is 0 Å². The third kappa shape index (κ3) is 3.23. The van der Waals surface area contributed by atoms with E-state index in [-0.39, 0.29) is 0 Å². The lowest BCUT2D eigenvalue weighted by atomic mass is 9.82. The van der Waals surface area contributed by atoms with Gasteiger partial charge < -0.3 is 20.4 Å². The fourth-order valence-electron chi connectivity index (χ4n) is 1.17. The molecule has 4 N–H and O–H groups in total. The molecule has 4 heteroatoms. The fourth-order valence-corrected chi connectivity index (χ4v) is 1.17. The smallest absolute Gasteiger partial charge is 0.0662 e. The SMILES string of the molecule is CCCCC(O)C(CO)(CO)CO. The van der Waals surface area contributed by atoms with Crippen molar-refractivity contribution in [2.75, 3.05) is 19.8 Å². The molecule has 0 radical (unpaired) electrons. The molecule has 0 aromatic heterocycles. The van der Waals surface area contributed by atoms with Crippen LogP contribution in [0.25, 0.3) is 0 Å². The monoisotopic (exact) mass is 192 g/mol. The average Bonchev–Trinajstić information content (AvgIpc) is 2.18. The zero-order chi connectivity index (χ0) is 10.3. The Bertz CT molecular complexity index is 115. The van der Waals surface area contributed by atoms with Crippen molar-refractivity contribution in [2.24, 2.45) is 5.41 Å². The Morgan fingerprint density at radius 1 is 1.08 bits per heavy atom. The summed E-state index contributed by atoms with van der Waals surface area (Å²) in [6.07, 6.45) is 1.42. The van der Waals surface area contributed by atoms with E-state index in [4.69, 9.17) is 15.3 Å². The second kappa shape index (κ2) is 6.32. The highest BCUT2D eigenvalue weighted by Crippen LogP contribution is 2.24. The number of aliphatic hydroxyl groups excluding tert-OH is 4. The van der Waals surface area contributed by atoms with Crippen LogP contribution in [0.2, 0.25) is 0 Å². The molecule has 4 nitrogen and oxygen atoms in total. The summed E-state index contributed by atoms with van der Waals surface area (Å²) >= 11 is 0. The first-order valence-electron chi connectivity index (χ1n) is 4.67. The molecule has 0 aliphatic rings. The molecule has 0 saturated carbocycles. The van der Waals surface area contributed by atoms with E-state index < -0.39 is 31.3 Å². The summed E-state index contributed by atoms with van der Waals surface area (Å²) in [5.74, 6) is 0. The maximum atomic E-state index is 9.61. The third-order valence-electron chi connectivity index (χ3n) is 2.48. The van der Waals surface area contributed by atoms with E-state index in [0.717, 1.165) is 12.8 Å². The van der Waals surface area contributed by atoms with E-state index in [2.05, 4.69) is 0 Å². The van der Waals surface area contributed by atoms with E-state index in [1.165, 1.54) is 0 Å². The Kier molecular flexibility index (Phi) is 6.24. The van der Waals surface area contributed by atoms with Gasteiger partial charge in [-0.3, -0.25) is 0 Å². The molecule has 0 rings (SSSR count). The van der Waals surface area contributed by atoms with Gasteiger partial charge in [-0.2, -0.15) is 0 Å². The molecule has 0 saturated heterocycles.